The number of hydrogen-bond acceptors (Lipinski definition) is 5. The summed E-state index contributed by atoms with van der Waals surface area (Å²) in [5.74, 6) is 0.279. The van der Waals surface area contributed by atoms with Crippen LogP contribution in [0, 0.1) is 0 Å². The van der Waals surface area contributed by atoms with Crippen molar-refractivity contribution in [2.75, 3.05) is 18.0 Å². The Morgan fingerprint density at radius 1 is 1.10 bits per heavy atom. The van der Waals surface area contributed by atoms with E-state index in [1.165, 1.54) is 17.2 Å². The van der Waals surface area contributed by atoms with Crippen molar-refractivity contribution in [1.82, 2.24) is 19.7 Å². The molecule has 0 unspecified atom stereocenters. The molecule has 7 heteroatoms. The van der Waals surface area contributed by atoms with Gasteiger partial charge >= 0.3 is 5.97 Å². The van der Waals surface area contributed by atoms with Crippen LogP contribution in [0.1, 0.15) is 29.8 Å². The average Bonchev–Trinajstić information content (AvgIpc) is 2.98. The van der Waals surface area contributed by atoms with Crippen LogP contribution < -0.4 is 4.90 Å². The number of aromatic nitrogens is 4. The van der Waals surface area contributed by atoms with Gasteiger partial charge in [-0.3, -0.25) is 0 Å². The van der Waals surface area contributed by atoms with Crippen molar-refractivity contribution >= 4 is 11.8 Å². The number of carboxylic acid groups (broad SMARTS) is 1. The number of nitrogens with zero attached hydrogens (tertiary/aromatic N) is 5. The second-order valence-corrected chi connectivity index (χ2v) is 4.70. The molecule has 1 N–H and O–H groups in total. The summed E-state index contributed by atoms with van der Waals surface area (Å²) in [5, 5.41) is 13.0. The number of piperidine rings is 1. The lowest BCUT2D eigenvalue weighted by Crippen LogP contribution is -2.31. The number of hydrogen-bond donors (Lipinski definition) is 1. The minimum Gasteiger partial charge on any atom is -0.476 e. The molecule has 0 radical (unpaired) electrons. The van der Waals surface area contributed by atoms with Crippen LogP contribution in [-0.4, -0.2) is 43.9 Å². The molecular formula is C13H15N5O2. The molecule has 0 amide bonds. The van der Waals surface area contributed by atoms with Gasteiger partial charge in [0.2, 0.25) is 0 Å². The first-order valence-electron chi connectivity index (χ1n) is 6.61. The number of anilines is 1. The molecule has 0 bridgehead atoms. The Morgan fingerprint density at radius 3 is 2.45 bits per heavy atom. The summed E-state index contributed by atoms with van der Waals surface area (Å²) in [6, 6.07) is 1.46. The Labute approximate surface area is 115 Å². The van der Waals surface area contributed by atoms with Crippen LogP contribution in [0.2, 0.25) is 0 Å². The fraction of sp³-hybridized carbons (Fsp3) is 0.385. The molecule has 0 aromatic carbocycles. The Balaban J connectivity index is 1.97. The first-order chi connectivity index (χ1) is 9.75. The molecule has 2 aromatic rings. The second kappa shape index (κ2) is 5.28. The molecule has 0 aliphatic carbocycles. The normalized spacial score (nSPS) is 15.3. The second-order valence-electron chi connectivity index (χ2n) is 4.70. The average molecular weight is 273 g/mol. The van der Waals surface area contributed by atoms with E-state index in [-0.39, 0.29) is 5.69 Å². The van der Waals surface area contributed by atoms with E-state index < -0.39 is 5.97 Å². The highest BCUT2D eigenvalue weighted by molar-refractivity contribution is 5.85. The highest BCUT2D eigenvalue weighted by Crippen LogP contribution is 2.22. The zero-order valence-electron chi connectivity index (χ0n) is 10.9. The standard InChI is InChI=1S/C13H15N5O2/c19-13(20)10-4-9-18(16-10)12-11(14-5-6-15-12)17-7-2-1-3-8-17/h4-6,9H,1-3,7-8H2,(H,19,20). The summed E-state index contributed by atoms with van der Waals surface area (Å²) < 4.78 is 1.47. The van der Waals surface area contributed by atoms with Crippen molar-refractivity contribution < 1.29 is 9.90 Å². The minimum atomic E-state index is -1.05. The Kier molecular flexibility index (Phi) is 3.32. The predicted molar refractivity (Wildman–Crippen MR) is 72.2 cm³/mol. The molecule has 1 aliphatic rings. The van der Waals surface area contributed by atoms with Gasteiger partial charge in [0, 0.05) is 31.7 Å². The Hall–Kier alpha value is -2.44. The van der Waals surface area contributed by atoms with Crippen LogP contribution in [0.5, 0.6) is 0 Å². The lowest BCUT2D eigenvalue weighted by atomic mass is 10.1. The number of carboxylic acids is 1. The molecule has 1 saturated heterocycles. The first kappa shape index (κ1) is 12.6. The monoisotopic (exact) mass is 273 g/mol. The molecule has 0 saturated carbocycles. The molecular weight excluding hydrogens is 258 g/mol. The first-order valence-corrected chi connectivity index (χ1v) is 6.61. The molecule has 104 valence electrons. The smallest absolute Gasteiger partial charge is 0.356 e. The van der Waals surface area contributed by atoms with Gasteiger partial charge in [0.1, 0.15) is 0 Å². The van der Waals surface area contributed by atoms with E-state index in [2.05, 4.69) is 20.0 Å². The molecule has 1 aliphatic heterocycles. The van der Waals surface area contributed by atoms with Crippen molar-refractivity contribution in [3.63, 3.8) is 0 Å². The van der Waals surface area contributed by atoms with Gasteiger partial charge in [-0.25, -0.2) is 19.4 Å². The molecule has 20 heavy (non-hydrogen) atoms. The van der Waals surface area contributed by atoms with E-state index in [9.17, 15) is 4.79 Å². The summed E-state index contributed by atoms with van der Waals surface area (Å²) in [5.41, 5.74) is 0.000229. The van der Waals surface area contributed by atoms with E-state index >= 15 is 0 Å². The van der Waals surface area contributed by atoms with Gasteiger partial charge in [0.25, 0.3) is 0 Å². The summed E-state index contributed by atoms with van der Waals surface area (Å²) in [4.78, 5) is 21.8. The van der Waals surface area contributed by atoms with Crippen molar-refractivity contribution in [3.05, 3.63) is 30.4 Å². The third kappa shape index (κ3) is 2.34. The summed E-state index contributed by atoms with van der Waals surface area (Å²) in [6.07, 6.45) is 8.34. The molecule has 1 fully saturated rings. The van der Waals surface area contributed by atoms with Crippen LogP contribution in [-0.2, 0) is 0 Å². The molecule has 0 atom stereocenters. The predicted octanol–water partition coefficient (Wildman–Crippen LogP) is 1.35. The van der Waals surface area contributed by atoms with Crippen molar-refractivity contribution in [2.45, 2.75) is 19.3 Å². The number of rotatable bonds is 3. The summed E-state index contributed by atoms with van der Waals surface area (Å²) in [7, 11) is 0. The van der Waals surface area contributed by atoms with Gasteiger partial charge in [0.05, 0.1) is 0 Å². The van der Waals surface area contributed by atoms with Gasteiger partial charge in [-0.05, 0) is 25.3 Å². The lowest BCUT2D eigenvalue weighted by molar-refractivity contribution is 0.0690. The quantitative estimate of drug-likeness (QED) is 0.908. The minimum absolute atomic E-state index is 0.000229. The fourth-order valence-electron chi connectivity index (χ4n) is 2.37. The fourth-order valence-corrected chi connectivity index (χ4v) is 2.37. The largest absolute Gasteiger partial charge is 0.476 e. The summed E-state index contributed by atoms with van der Waals surface area (Å²) >= 11 is 0. The zero-order chi connectivity index (χ0) is 13.9. The molecule has 2 aromatic heterocycles. The van der Waals surface area contributed by atoms with E-state index in [1.54, 1.807) is 18.6 Å². The Bertz CT molecular complexity index is 619. The van der Waals surface area contributed by atoms with E-state index in [1.807, 2.05) is 0 Å². The van der Waals surface area contributed by atoms with E-state index in [0.717, 1.165) is 31.7 Å². The van der Waals surface area contributed by atoms with Crippen molar-refractivity contribution in [2.24, 2.45) is 0 Å². The van der Waals surface area contributed by atoms with Gasteiger partial charge in [-0.1, -0.05) is 0 Å². The highest BCUT2D eigenvalue weighted by Gasteiger charge is 2.19. The maximum absolute atomic E-state index is 10.9. The third-order valence-electron chi connectivity index (χ3n) is 3.34. The summed E-state index contributed by atoms with van der Waals surface area (Å²) in [6.45, 7) is 1.89. The highest BCUT2D eigenvalue weighted by atomic mass is 16.4. The van der Waals surface area contributed by atoms with Crippen LogP contribution >= 0.6 is 0 Å². The number of carbonyl (C=O) groups is 1. The maximum atomic E-state index is 10.9. The van der Waals surface area contributed by atoms with Gasteiger partial charge in [-0.15, -0.1) is 0 Å². The molecule has 3 rings (SSSR count). The van der Waals surface area contributed by atoms with Gasteiger partial charge in [0.15, 0.2) is 17.3 Å². The van der Waals surface area contributed by atoms with E-state index in [0.29, 0.717) is 5.82 Å². The SMILES string of the molecule is O=C(O)c1ccn(-c2nccnc2N2CCCCC2)n1. The molecule has 3 heterocycles. The number of aromatic carboxylic acids is 1. The lowest BCUT2D eigenvalue weighted by Gasteiger charge is -2.28. The molecule has 0 spiro atoms. The topological polar surface area (TPSA) is 84.1 Å². The van der Waals surface area contributed by atoms with Gasteiger partial charge in [-0.2, -0.15) is 5.10 Å². The van der Waals surface area contributed by atoms with Crippen LogP contribution in [0.4, 0.5) is 5.82 Å². The third-order valence-corrected chi connectivity index (χ3v) is 3.34. The molecule has 7 nitrogen and oxygen atoms in total. The zero-order valence-corrected chi connectivity index (χ0v) is 10.9. The van der Waals surface area contributed by atoms with Crippen LogP contribution in [0.15, 0.2) is 24.7 Å². The van der Waals surface area contributed by atoms with Crippen LogP contribution in [0.25, 0.3) is 5.82 Å². The van der Waals surface area contributed by atoms with E-state index in [4.69, 9.17) is 5.11 Å². The van der Waals surface area contributed by atoms with Gasteiger partial charge < -0.3 is 10.0 Å². The van der Waals surface area contributed by atoms with Crippen LogP contribution in [0.3, 0.4) is 0 Å². The maximum Gasteiger partial charge on any atom is 0.356 e. The van der Waals surface area contributed by atoms with Crippen molar-refractivity contribution in [3.8, 4) is 5.82 Å². The Morgan fingerprint density at radius 2 is 1.80 bits per heavy atom. The van der Waals surface area contributed by atoms with Crippen molar-refractivity contribution in [1.29, 1.82) is 0 Å².